The number of benzene rings is 2. The van der Waals surface area contributed by atoms with Crippen LogP contribution in [0.1, 0.15) is 0 Å². The second-order valence-electron chi connectivity index (χ2n) is 5.02. The fourth-order valence-corrected chi connectivity index (χ4v) is 2.39. The number of pyridine rings is 1. The van der Waals surface area contributed by atoms with Gasteiger partial charge < -0.3 is 20.1 Å². The van der Waals surface area contributed by atoms with Crippen molar-refractivity contribution in [2.75, 3.05) is 24.9 Å². The molecule has 0 bridgehead atoms. The van der Waals surface area contributed by atoms with Crippen molar-refractivity contribution in [1.82, 2.24) is 4.98 Å². The number of methoxy groups -OCH3 is 2. The Morgan fingerprint density at radius 2 is 1.75 bits per heavy atom. The van der Waals surface area contributed by atoms with Gasteiger partial charge in [0.15, 0.2) is 0 Å². The van der Waals surface area contributed by atoms with Gasteiger partial charge in [0, 0.05) is 17.6 Å². The molecule has 0 spiro atoms. The number of para-hydroxylation sites is 1. The van der Waals surface area contributed by atoms with E-state index in [2.05, 4.69) is 15.6 Å². The molecule has 0 atom stereocenters. The molecule has 0 aliphatic heterocycles. The van der Waals surface area contributed by atoms with Gasteiger partial charge in [0.25, 0.3) is 0 Å². The summed E-state index contributed by atoms with van der Waals surface area (Å²) in [6, 6.07) is 14.2. The Balaban J connectivity index is 1.83. The molecule has 3 aromatic rings. The molecular formula is C18H17N3O3. The number of amides is 2. The number of fused-ring (bicyclic) bond motifs is 1. The molecule has 1 aromatic heterocycles. The summed E-state index contributed by atoms with van der Waals surface area (Å²) < 4.78 is 10.4. The van der Waals surface area contributed by atoms with Crippen LogP contribution in [0, 0.1) is 0 Å². The van der Waals surface area contributed by atoms with Crippen LogP contribution in [-0.2, 0) is 0 Å². The van der Waals surface area contributed by atoms with E-state index >= 15 is 0 Å². The Kier molecular flexibility index (Phi) is 4.47. The van der Waals surface area contributed by atoms with Crippen LogP contribution in [0.5, 0.6) is 11.5 Å². The average Bonchev–Trinajstić information content (AvgIpc) is 2.62. The van der Waals surface area contributed by atoms with Crippen LogP contribution >= 0.6 is 0 Å². The van der Waals surface area contributed by atoms with Gasteiger partial charge in [0.1, 0.15) is 11.5 Å². The zero-order valence-corrected chi connectivity index (χ0v) is 13.4. The molecule has 24 heavy (non-hydrogen) atoms. The van der Waals surface area contributed by atoms with Gasteiger partial charge in [-0.3, -0.25) is 4.98 Å². The van der Waals surface area contributed by atoms with Gasteiger partial charge in [0.2, 0.25) is 0 Å². The molecule has 0 unspecified atom stereocenters. The van der Waals surface area contributed by atoms with Gasteiger partial charge in [-0.2, -0.15) is 0 Å². The minimum Gasteiger partial charge on any atom is -0.497 e. The van der Waals surface area contributed by atoms with E-state index in [9.17, 15) is 4.79 Å². The first-order valence-electron chi connectivity index (χ1n) is 7.35. The minimum atomic E-state index is -0.377. The summed E-state index contributed by atoms with van der Waals surface area (Å²) in [5.41, 5.74) is 2.02. The lowest BCUT2D eigenvalue weighted by molar-refractivity contribution is 0.262. The van der Waals surface area contributed by atoms with E-state index < -0.39 is 0 Å². The Labute approximate surface area is 139 Å². The van der Waals surface area contributed by atoms with Gasteiger partial charge in [-0.25, -0.2) is 4.79 Å². The predicted octanol–water partition coefficient (Wildman–Crippen LogP) is 3.90. The number of urea groups is 1. The number of carbonyl (C=O) groups excluding carboxylic acids is 1. The molecule has 0 saturated carbocycles. The standard InChI is InChI=1S/C18H17N3O3/c1-23-12-7-8-17(24-2)16(11-12)21-18(22)20-15-9-10-19-14-6-4-3-5-13(14)15/h3-11H,1-2H3,(H2,19,20,21,22). The molecule has 2 N–H and O–H groups in total. The van der Waals surface area contributed by atoms with Crippen LogP contribution in [-0.4, -0.2) is 25.2 Å². The second-order valence-corrected chi connectivity index (χ2v) is 5.02. The Hall–Kier alpha value is -3.28. The van der Waals surface area contributed by atoms with Crippen molar-refractivity contribution in [2.24, 2.45) is 0 Å². The number of rotatable bonds is 4. The summed E-state index contributed by atoms with van der Waals surface area (Å²) in [4.78, 5) is 16.6. The first-order chi connectivity index (χ1) is 11.7. The molecular weight excluding hydrogens is 306 g/mol. The van der Waals surface area contributed by atoms with Crippen molar-refractivity contribution in [2.45, 2.75) is 0 Å². The molecule has 0 radical (unpaired) electrons. The van der Waals surface area contributed by atoms with Crippen LogP contribution in [0.2, 0.25) is 0 Å². The third-order valence-corrected chi connectivity index (χ3v) is 3.55. The third-order valence-electron chi connectivity index (χ3n) is 3.55. The molecule has 1 heterocycles. The van der Waals surface area contributed by atoms with E-state index in [4.69, 9.17) is 9.47 Å². The maximum absolute atomic E-state index is 12.4. The SMILES string of the molecule is COc1ccc(OC)c(NC(=O)Nc2ccnc3ccccc23)c1. The smallest absolute Gasteiger partial charge is 0.323 e. The summed E-state index contributed by atoms with van der Waals surface area (Å²) in [7, 11) is 3.11. The molecule has 2 aromatic carbocycles. The number of anilines is 2. The van der Waals surface area contributed by atoms with E-state index in [0.717, 1.165) is 10.9 Å². The predicted molar refractivity (Wildman–Crippen MR) is 93.9 cm³/mol. The maximum atomic E-state index is 12.4. The zero-order valence-electron chi connectivity index (χ0n) is 13.4. The van der Waals surface area contributed by atoms with E-state index in [1.807, 2.05) is 24.3 Å². The van der Waals surface area contributed by atoms with Crippen LogP contribution in [0.4, 0.5) is 16.2 Å². The van der Waals surface area contributed by atoms with Gasteiger partial charge >= 0.3 is 6.03 Å². The molecule has 122 valence electrons. The van der Waals surface area contributed by atoms with Crippen molar-refractivity contribution >= 4 is 28.3 Å². The number of nitrogens with zero attached hydrogens (tertiary/aromatic N) is 1. The van der Waals surface area contributed by atoms with Crippen molar-refractivity contribution < 1.29 is 14.3 Å². The molecule has 0 aliphatic carbocycles. The molecule has 2 amide bonds. The Morgan fingerprint density at radius 1 is 0.958 bits per heavy atom. The lowest BCUT2D eigenvalue weighted by Gasteiger charge is -2.13. The minimum absolute atomic E-state index is 0.377. The maximum Gasteiger partial charge on any atom is 0.323 e. The quantitative estimate of drug-likeness (QED) is 0.764. The fraction of sp³-hybridized carbons (Fsp3) is 0.111. The monoisotopic (exact) mass is 323 g/mol. The average molecular weight is 323 g/mol. The first-order valence-corrected chi connectivity index (χ1v) is 7.35. The van der Waals surface area contributed by atoms with Gasteiger partial charge in [0.05, 0.1) is 31.1 Å². The number of hydrogen-bond donors (Lipinski definition) is 2. The highest BCUT2D eigenvalue weighted by atomic mass is 16.5. The summed E-state index contributed by atoms with van der Waals surface area (Å²) in [5.74, 6) is 1.17. The highest BCUT2D eigenvalue weighted by Gasteiger charge is 2.10. The molecule has 0 saturated heterocycles. The normalized spacial score (nSPS) is 10.2. The van der Waals surface area contributed by atoms with Crippen LogP contribution in [0.3, 0.4) is 0 Å². The topological polar surface area (TPSA) is 72.5 Å². The Morgan fingerprint density at radius 3 is 2.54 bits per heavy atom. The number of hydrogen-bond acceptors (Lipinski definition) is 4. The van der Waals surface area contributed by atoms with E-state index in [1.165, 1.54) is 0 Å². The first kappa shape index (κ1) is 15.6. The van der Waals surface area contributed by atoms with E-state index in [-0.39, 0.29) is 6.03 Å². The molecule has 6 nitrogen and oxygen atoms in total. The van der Waals surface area contributed by atoms with E-state index in [1.54, 1.807) is 44.7 Å². The zero-order chi connectivity index (χ0) is 16.9. The highest BCUT2D eigenvalue weighted by Crippen LogP contribution is 2.29. The molecule has 6 heteroatoms. The van der Waals surface area contributed by atoms with Crippen LogP contribution < -0.4 is 20.1 Å². The summed E-state index contributed by atoms with van der Waals surface area (Å²) >= 11 is 0. The fourth-order valence-electron chi connectivity index (χ4n) is 2.39. The number of carbonyl (C=O) groups is 1. The van der Waals surface area contributed by atoms with Crippen molar-refractivity contribution in [3.63, 3.8) is 0 Å². The largest absolute Gasteiger partial charge is 0.497 e. The van der Waals surface area contributed by atoms with Gasteiger partial charge in [-0.15, -0.1) is 0 Å². The van der Waals surface area contributed by atoms with Crippen LogP contribution in [0.25, 0.3) is 10.9 Å². The molecule has 3 rings (SSSR count). The lowest BCUT2D eigenvalue weighted by Crippen LogP contribution is -2.20. The van der Waals surface area contributed by atoms with Gasteiger partial charge in [-0.1, -0.05) is 18.2 Å². The number of ether oxygens (including phenoxy) is 2. The van der Waals surface area contributed by atoms with Crippen molar-refractivity contribution in [3.05, 3.63) is 54.7 Å². The Bertz CT molecular complexity index is 875. The second kappa shape index (κ2) is 6.87. The third kappa shape index (κ3) is 3.22. The van der Waals surface area contributed by atoms with E-state index in [0.29, 0.717) is 22.9 Å². The lowest BCUT2D eigenvalue weighted by atomic mass is 10.2. The highest BCUT2D eigenvalue weighted by molar-refractivity contribution is 6.05. The van der Waals surface area contributed by atoms with Crippen molar-refractivity contribution in [3.8, 4) is 11.5 Å². The summed E-state index contributed by atoms with van der Waals surface area (Å²) in [6.07, 6.45) is 1.66. The molecule has 0 aliphatic rings. The van der Waals surface area contributed by atoms with Crippen molar-refractivity contribution in [1.29, 1.82) is 0 Å². The number of nitrogens with one attached hydrogen (secondary N) is 2. The summed E-state index contributed by atoms with van der Waals surface area (Å²) in [6.45, 7) is 0. The van der Waals surface area contributed by atoms with Crippen LogP contribution in [0.15, 0.2) is 54.7 Å². The molecule has 0 fully saturated rings. The van der Waals surface area contributed by atoms with Gasteiger partial charge in [-0.05, 0) is 24.3 Å². The number of aromatic nitrogens is 1. The summed E-state index contributed by atoms with van der Waals surface area (Å²) in [5, 5.41) is 6.48.